The molecule has 0 bridgehead atoms. The minimum atomic E-state index is 0.314. The summed E-state index contributed by atoms with van der Waals surface area (Å²) in [5.41, 5.74) is 1.06. The number of methoxy groups -OCH3 is 1. The van der Waals surface area contributed by atoms with Gasteiger partial charge in [-0.25, -0.2) is 4.98 Å². The molecule has 1 fully saturated rings. The van der Waals surface area contributed by atoms with Gasteiger partial charge in [-0.3, -0.25) is 0 Å². The van der Waals surface area contributed by atoms with Crippen molar-refractivity contribution in [2.24, 2.45) is 11.8 Å². The van der Waals surface area contributed by atoms with Gasteiger partial charge in [0.15, 0.2) is 0 Å². The number of imidazole rings is 1. The standard InChI is InChI=1S/C17H31N3O/c1-5-15-6-8-16(9-7-15)10-18-17-19-13(2)11-20(17)14(3)12-21-4/h11,14-16H,5-10,12H2,1-4H3,(H,18,19). The predicted octanol–water partition coefficient (Wildman–Crippen LogP) is 4.03. The van der Waals surface area contributed by atoms with Gasteiger partial charge in [-0.1, -0.05) is 26.2 Å². The number of rotatable bonds is 7. The van der Waals surface area contributed by atoms with Crippen molar-refractivity contribution >= 4 is 5.95 Å². The summed E-state index contributed by atoms with van der Waals surface area (Å²) in [6.07, 6.45) is 8.97. The lowest BCUT2D eigenvalue weighted by atomic mass is 9.81. The average molecular weight is 293 g/mol. The number of hydrogen-bond acceptors (Lipinski definition) is 3. The lowest BCUT2D eigenvalue weighted by Crippen LogP contribution is -2.23. The highest BCUT2D eigenvalue weighted by atomic mass is 16.5. The second-order valence-corrected chi connectivity index (χ2v) is 6.59. The number of aromatic nitrogens is 2. The van der Waals surface area contributed by atoms with Crippen LogP contribution in [-0.4, -0.2) is 29.8 Å². The number of anilines is 1. The predicted molar refractivity (Wildman–Crippen MR) is 87.8 cm³/mol. The fourth-order valence-electron chi connectivity index (χ4n) is 3.38. The van der Waals surface area contributed by atoms with E-state index in [9.17, 15) is 0 Å². The normalized spacial score (nSPS) is 24.0. The number of ether oxygens (including phenoxy) is 1. The van der Waals surface area contributed by atoms with Crippen LogP contribution in [0.3, 0.4) is 0 Å². The minimum Gasteiger partial charge on any atom is -0.383 e. The van der Waals surface area contributed by atoms with E-state index in [4.69, 9.17) is 4.74 Å². The van der Waals surface area contributed by atoms with Crippen molar-refractivity contribution in [1.29, 1.82) is 0 Å². The maximum Gasteiger partial charge on any atom is 0.203 e. The minimum absolute atomic E-state index is 0.314. The zero-order valence-corrected chi connectivity index (χ0v) is 14.1. The summed E-state index contributed by atoms with van der Waals surface area (Å²) in [5.74, 6) is 2.76. The molecule has 1 aliphatic rings. The Labute approximate surface area is 129 Å². The number of aryl methyl sites for hydroxylation is 1. The molecule has 1 saturated carbocycles. The first-order valence-electron chi connectivity index (χ1n) is 8.42. The molecule has 0 spiro atoms. The van der Waals surface area contributed by atoms with Gasteiger partial charge in [-0.05, 0) is 38.5 Å². The molecule has 1 N–H and O–H groups in total. The van der Waals surface area contributed by atoms with E-state index in [1.165, 1.54) is 32.1 Å². The van der Waals surface area contributed by atoms with Gasteiger partial charge >= 0.3 is 0 Å². The van der Waals surface area contributed by atoms with Gasteiger partial charge in [-0.15, -0.1) is 0 Å². The Bertz CT molecular complexity index is 422. The van der Waals surface area contributed by atoms with Crippen LogP contribution in [0.1, 0.15) is 57.7 Å². The molecule has 0 aliphatic heterocycles. The molecule has 1 aromatic heterocycles. The number of nitrogens with one attached hydrogen (secondary N) is 1. The molecule has 0 aromatic carbocycles. The van der Waals surface area contributed by atoms with Gasteiger partial charge < -0.3 is 14.6 Å². The highest BCUT2D eigenvalue weighted by molar-refractivity contribution is 5.29. The Morgan fingerprint density at radius 3 is 2.62 bits per heavy atom. The van der Waals surface area contributed by atoms with Crippen LogP contribution in [0.15, 0.2) is 6.20 Å². The molecule has 120 valence electrons. The van der Waals surface area contributed by atoms with E-state index in [1.807, 2.05) is 6.92 Å². The Balaban J connectivity index is 1.88. The maximum atomic E-state index is 5.26. The first kappa shape index (κ1) is 16.3. The Kier molecular flexibility index (Phi) is 6.09. The zero-order chi connectivity index (χ0) is 15.2. The van der Waals surface area contributed by atoms with E-state index in [1.54, 1.807) is 7.11 Å². The molecule has 1 atom stereocenters. The third-order valence-corrected chi connectivity index (χ3v) is 4.83. The van der Waals surface area contributed by atoms with E-state index in [2.05, 4.69) is 34.9 Å². The number of hydrogen-bond donors (Lipinski definition) is 1. The molecule has 0 saturated heterocycles. The lowest BCUT2D eigenvalue weighted by molar-refractivity contribution is 0.163. The van der Waals surface area contributed by atoms with Crippen molar-refractivity contribution in [1.82, 2.24) is 9.55 Å². The third kappa shape index (κ3) is 4.47. The monoisotopic (exact) mass is 293 g/mol. The summed E-state index contributed by atoms with van der Waals surface area (Å²) < 4.78 is 7.47. The molecule has 1 aromatic rings. The average Bonchev–Trinajstić information content (AvgIpc) is 2.87. The maximum absolute atomic E-state index is 5.26. The fraction of sp³-hybridized carbons (Fsp3) is 0.824. The molecule has 1 aliphatic carbocycles. The van der Waals surface area contributed by atoms with Crippen LogP contribution in [0.5, 0.6) is 0 Å². The Hall–Kier alpha value is -1.03. The van der Waals surface area contributed by atoms with Crippen LogP contribution in [0.25, 0.3) is 0 Å². The van der Waals surface area contributed by atoms with Crippen molar-refractivity contribution < 1.29 is 4.74 Å². The van der Waals surface area contributed by atoms with Gasteiger partial charge in [0.05, 0.1) is 18.3 Å². The molecular weight excluding hydrogens is 262 g/mol. The molecule has 4 heteroatoms. The number of nitrogens with zero attached hydrogens (tertiary/aromatic N) is 2. The van der Waals surface area contributed by atoms with Crippen LogP contribution in [0.4, 0.5) is 5.95 Å². The molecule has 1 heterocycles. The van der Waals surface area contributed by atoms with Crippen molar-refractivity contribution in [2.75, 3.05) is 25.6 Å². The summed E-state index contributed by atoms with van der Waals surface area (Å²) in [6, 6.07) is 0.314. The van der Waals surface area contributed by atoms with Crippen molar-refractivity contribution in [3.63, 3.8) is 0 Å². The first-order chi connectivity index (χ1) is 10.1. The van der Waals surface area contributed by atoms with Crippen molar-refractivity contribution in [3.8, 4) is 0 Å². The van der Waals surface area contributed by atoms with E-state index < -0.39 is 0 Å². The Morgan fingerprint density at radius 1 is 1.33 bits per heavy atom. The first-order valence-corrected chi connectivity index (χ1v) is 8.42. The summed E-state index contributed by atoms with van der Waals surface area (Å²) >= 11 is 0. The topological polar surface area (TPSA) is 39.1 Å². The summed E-state index contributed by atoms with van der Waals surface area (Å²) in [5, 5.41) is 3.57. The van der Waals surface area contributed by atoms with Crippen LogP contribution >= 0.6 is 0 Å². The van der Waals surface area contributed by atoms with E-state index in [0.29, 0.717) is 12.6 Å². The smallest absolute Gasteiger partial charge is 0.203 e. The van der Waals surface area contributed by atoms with Crippen LogP contribution in [0.2, 0.25) is 0 Å². The fourth-order valence-corrected chi connectivity index (χ4v) is 3.38. The van der Waals surface area contributed by atoms with Gasteiger partial charge in [0.1, 0.15) is 0 Å². The van der Waals surface area contributed by atoms with Gasteiger partial charge in [0, 0.05) is 19.9 Å². The molecule has 21 heavy (non-hydrogen) atoms. The molecule has 2 rings (SSSR count). The molecule has 0 radical (unpaired) electrons. The summed E-state index contributed by atoms with van der Waals surface area (Å²) in [6.45, 7) is 8.30. The lowest BCUT2D eigenvalue weighted by Gasteiger charge is -2.28. The quantitative estimate of drug-likeness (QED) is 0.825. The highest BCUT2D eigenvalue weighted by Crippen LogP contribution is 2.30. The molecule has 0 amide bonds. The van der Waals surface area contributed by atoms with Crippen LogP contribution in [0, 0.1) is 18.8 Å². The van der Waals surface area contributed by atoms with Gasteiger partial charge in [0.25, 0.3) is 0 Å². The highest BCUT2D eigenvalue weighted by Gasteiger charge is 2.20. The molecule has 1 unspecified atom stereocenters. The van der Waals surface area contributed by atoms with E-state index in [0.717, 1.165) is 30.0 Å². The van der Waals surface area contributed by atoms with Crippen LogP contribution in [-0.2, 0) is 4.74 Å². The van der Waals surface area contributed by atoms with Gasteiger partial charge in [-0.2, -0.15) is 0 Å². The summed E-state index contributed by atoms with van der Waals surface area (Å²) in [4.78, 5) is 4.63. The van der Waals surface area contributed by atoms with Crippen molar-refractivity contribution in [2.45, 2.75) is 58.9 Å². The second-order valence-electron chi connectivity index (χ2n) is 6.59. The molecular formula is C17H31N3O. The SMILES string of the molecule is CCC1CCC(CNc2nc(C)cn2C(C)COC)CC1. The largest absolute Gasteiger partial charge is 0.383 e. The van der Waals surface area contributed by atoms with E-state index in [-0.39, 0.29) is 0 Å². The Morgan fingerprint density at radius 2 is 2.00 bits per heavy atom. The van der Waals surface area contributed by atoms with Crippen molar-refractivity contribution in [3.05, 3.63) is 11.9 Å². The van der Waals surface area contributed by atoms with E-state index >= 15 is 0 Å². The van der Waals surface area contributed by atoms with Gasteiger partial charge in [0.2, 0.25) is 5.95 Å². The summed E-state index contributed by atoms with van der Waals surface area (Å²) in [7, 11) is 1.75. The molecule has 4 nitrogen and oxygen atoms in total. The zero-order valence-electron chi connectivity index (χ0n) is 14.1. The second kappa shape index (κ2) is 7.83. The third-order valence-electron chi connectivity index (χ3n) is 4.83. The van der Waals surface area contributed by atoms with Crippen LogP contribution < -0.4 is 5.32 Å².